The third kappa shape index (κ3) is 3.38. The lowest BCUT2D eigenvalue weighted by Gasteiger charge is -2.09. The molecule has 0 atom stereocenters. The van der Waals surface area contributed by atoms with E-state index in [0.29, 0.717) is 11.3 Å². The average Bonchev–Trinajstić information content (AvgIpc) is 2.47. The van der Waals surface area contributed by atoms with E-state index in [2.05, 4.69) is 9.88 Å². The molecule has 0 amide bonds. The maximum atomic E-state index is 13.5. The molecule has 0 unspecified atom stereocenters. The van der Waals surface area contributed by atoms with Crippen LogP contribution < -0.4 is 4.72 Å². The molecule has 0 aliphatic heterocycles. The number of nitrogens with one attached hydrogen (secondary N) is 1. The predicted octanol–water partition coefficient (Wildman–Crippen LogP) is 2.82. The van der Waals surface area contributed by atoms with E-state index in [1.807, 2.05) is 0 Å². The van der Waals surface area contributed by atoms with E-state index in [1.165, 1.54) is 30.3 Å². The van der Waals surface area contributed by atoms with Gasteiger partial charge in [-0.25, -0.2) is 12.8 Å². The molecule has 0 fully saturated rings. The first-order valence-electron chi connectivity index (χ1n) is 6.00. The Hall–Kier alpha value is -2.41. The van der Waals surface area contributed by atoms with Crippen molar-refractivity contribution in [3.8, 4) is 0 Å². The van der Waals surface area contributed by atoms with E-state index in [0.717, 1.165) is 6.07 Å². The van der Waals surface area contributed by atoms with Gasteiger partial charge < -0.3 is 5.21 Å². The fourth-order valence-electron chi connectivity index (χ4n) is 1.71. The molecule has 0 saturated carbocycles. The number of benzene rings is 2. The Balaban J connectivity index is 2.28. The van der Waals surface area contributed by atoms with Crippen molar-refractivity contribution < 1.29 is 18.0 Å². The third-order valence-electron chi connectivity index (χ3n) is 2.83. The zero-order valence-corrected chi connectivity index (χ0v) is 11.9. The molecular formula is C14H13FN2O3S. The first-order valence-corrected chi connectivity index (χ1v) is 7.49. The average molecular weight is 308 g/mol. The van der Waals surface area contributed by atoms with Gasteiger partial charge in [0.25, 0.3) is 10.0 Å². The van der Waals surface area contributed by atoms with Crippen LogP contribution in [0.3, 0.4) is 0 Å². The molecule has 2 aromatic rings. The van der Waals surface area contributed by atoms with Crippen molar-refractivity contribution >= 4 is 21.4 Å². The van der Waals surface area contributed by atoms with Gasteiger partial charge in [-0.2, -0.15) is 0 Å². The lowest BCUT2D eigenvalue weighted by Crippen LogP contribution is -2.14. The molecule has 110 valence electrons. The van der Waals surface area contributed by atoms with Crippen LogP contribution in [0.4, 0.5) is 10.1 Å². The number of rotatable bonds is 4. The summed E-state index contributed by atoms with van der Waals surface area (Å²) in [5.74, 6) is -0.815. The zero-order chi connectivity index (χ0) is 15.5. The summed E-state index contributed by atoms with van der Waals surface area (Å²) in [6.45, 7) is 1.61. The van der Waals surface area contributed by atoms with E-state index in [1.54, 1.807) is 19.1 Å². The number of hydrogen-bond donors (Lipinski definition) is 2. The van der Waals surface area contributed by atoms with Crippen molar-refractivity contribution in [3.63, 3.8) is 0 Å². The Morgan fingerprint density at radius 3 is 2.33 bits per heavy atom. The van der Waals surface area contributed by atoms with Crippen LogP contribution in [-0.2, 0) is 10.0 Å². The van der Waals surface area contributed by atoms with E-state index in [4.69, 9.17) is 5.21 Å². The van der Waals surface area contributed by atoms with E-state index >= 15 is 0 Å². The molecule has 0 heterocycles. The Morgan fingerprint density at radius 2 is 1.76 bits per heavy atom. The topological polar surface area (TPSA) is 78.8 Å². The second kappa shape index (κ2) is 5.92. The molecule has 7 heteroatoms. The lowest BCUT2D eigenvalue weighted by molar-refractivity contribution is 0.319. The van der Waals surface area contributed by atoms with Crippen LogP contribution in [0.5, 0.6) is 0 Å². The van der Waals surface area contributed by atoms with E-state index in [-0.39, 0.29) is 5.69 Å². The summed E-state index contributed by atoms with van der Waals surface area (Å²) in [4.78, 5) is -0.415. The highest BCUT2D eigenvalue weighted by atomic mass is 32.2. The number of nitrogens with zero attached hydrogens (tertiary/aromatic N) is 1. The van der Waals surface area contributed by atoms with Crippen molar-refractivity contribution in [2.24, 2.45) is 5.16 Å². The van der Waals surface area contributed by atoms with Gasteiger partial charge in [-0.3, -0.25) is 4.72 Å². The van der Waals surface area contributed by atoms with Crippen LogP contribution in [0.1, 0.15) is 12.5 Å². The van der Waals surface area contributed by atoms with Crippen molar-refractivity contribution in [1.29, 1.82) is 0 Å². The highest BCUT2D eigenvalue weighted by Gasteiger charge is 2.18. The van der Waals surface area contributed by atoms with Crippen LogP contribution in [0.2, 0.25) is 0 Å². The number of sulfonamides is 1. The Bertz CT molecular complexity index is 771. The minimum absolute atomic E-state index is 0.285. The maximum Gasteiger partial charge on any atom is 0.264 e. The standard InChI is InChI=1S/C14H13FN2O3S/c1-10(16-18)11-6-8-12(9-7-11)17-21(19,20)14-5-3-2-4-13(14)15/h2-9,17-18H,1H3/b16-10+. The van der Waals surface area contributed by atoms with Gasteiger partial charge in [0, 0.05) is 5.69 Å². The molecule has 2 aromatic carbocycles. The van der Waals surface area contributed by atoms with Crippen LogP contribution in [-0.4, -0.2) is 19.3 Å². The summed E-state index contributed by atoms with van der Waals surface area (Å²) >= 11 is 0. The van der Waals surface area contributed by atoms with Crippen molar-refractivity contribution in [2.45, 2.75) is 11.8 Å². The van der Waals surface area contributed by atoms with Crippen LogP contribution >= 0.6 is 0 Å². The molecule has 0 bridgehead atoms. The highest BCUT2D eigenvalue weighted by molar-refractivity contribution is 7.92. The molecule has 0 aliphatic rings. The Kier molecular flexibility index (Phi) is 4.23. The molecule has 2 N–H and O–H groups in total. The molecule has 0 radical (unpaired) electrons. The summed E-state index contributed by atoms with van der Waals surface area (Å²) in [5.41, 5.74) is 1.33. The van der Waals surface area contributed by atoms with Crippen molar-refractivity contribution in [1.82, 2.24) is 0 Å². The number of hydrogen-bond acceptors (Lipinski definition) is 4. The lowest BCUT2D eigenvalue weighted by atomic mass is 10.1. The summed E-state index contributed by atoms with van der Waals surface area (Å²) < 4.78 is 40.0. The molecular weight excluding hydrogens is 295 g/mol. The number of halogens is 1. The number of oxime groups is 1. The molecule has 0 spiro atoms. The van der Waals surface area contributed by atoms with Crippen LogP contribution in [0, 0.1) is 5.82 Å². The van der Waals surface area contributed by atoms with Gasteiger partial charge in [0.15, 0.2) is 0 Å². The van der Waals surface area contributed by atoms with E-state index in [9.17, 15) is 12.8 Å². The fourth-order valence-corrected chi connectivity index (χ4v) is 2.85. The maximum absolute atomic E-state index is 13.5. The van der Waals surface area contributed by atoms with Gasteiger partial charge in [0.2, 0.25) is 0 Å². The second-order valence-corrected chi connectivity index (χ2v) is 5.95. The van der Waals surface area contributed by atoms with Crippen molar-refractivity contribution in [2.75, 3.05) is 4.72 Å². The largest absolute Gasteiger partial charge is 0.411 e. The van der Waals surface area contributed by atoms with Crippen LogP contribution in [0.25, 0.3) is 0 Å². The fraction of sp³-hybridized carbons (Fsp3) is 0.0714. The van der Waals surface area contributed by atoms with Gasteiger partial charge in [-0.1, -0.05) is 29.4 Å². The Labute approximate surface area is 121 Å². The quantitative estimate of drug-likeness (QED) is 0.518. The van der Waals surface area contributed by atoms with Gasteiger partial charge in [0.05, 0.1) is 5.71 Å². The molecule has 0 saturated heterocycles. The van der Waals surface area contributed by atoms with E-state index < -0.39 is 20.7 Å². The van der Waals surface area contributed by atoms with Gasteiger partial charge in [0.1, 0.15) is 10.7 Å². The first kappa shape index (κ1) is 15.0. The molecule has 5 nitrogen and oxygen atoms in total. The molecule has 21 heavy (non-hydrogen) atoms. The normalized spacial score (nSPS) is 12.2. The SMILES string of the molecule is C/C(=N\O)c1ccc(NS(=O)(=O)c2ccccc2F)cc1. The van der Waals surface area contributed by atoms with Crippen LogP contribution in [0.15, 0.2) is 58.6 Å². The van der Waals surface area contributed by atoms with Crippen molar-refractivity contribution in [3.05, 3.63) is 59.9 Å². The third-order valence-corrected chi connectivity index (χ3v) is 4.25. The zero-order valence-electron chi connectivity index (χ0n) is 11.1. The molecule has 0 aliphatic carbocycles. The van der Waals surface area contributed by atoms with Gasteiger partial charge >= 0.3 is 0 Å². The van der Waals surface area contributed by atoms with Gasteiger partial charge in [-0.05, 0) is 36.8 Å². The Morgan fingerprint density at radius 1 is 1.14 bits per heavy atom. The minimum Gasteiger partial charge on any atom is -0.411 e. The second-order valence-electron chi connectivity index (χ2n) is 4.30. The predicted molar refractivity (Wildman–Crippen MR) is 77.6 cm³/mol. The molecule has 2 rings (SSSR count). The summed E-state index contributed by atoms with van der Waals surface area (Å²) in [5, 5.41) is 11.7. The summed E-state index contributed by atoms with van der Waals surface area (Å²) in [7, 11) is -3.99. The smallest absolute Gasteiger partial charge is 0.264 e. The number of anilines is 1. The molecule has 0 aromatic heterocycles. The summed E-state index contributed by atoms with van der Waals surface area (Å²) in [6.07, 6.45) is 0. The highest BCUT2D eigenvalue weighted by Crippen LogP contribution is 2.19. The monoisotopic (exact) mass is 308 g/mol. The first-order chi connectivity index (χ1) is 9.94. The minimum atomic E-state index is -3.99. The van der Waals surface area contributed by atoms with Gasteiger partial charge in [-0.15, -0.1) is 0 Å². The summed E-state index contributed by atoms with van der Waals surface area (Å²) in [6, 6.07) is 11.3.